The van der Waals surface area contributed by atoms with Crippen molar-refractivity contribution >= 4 is 44.8 Å². The Balaban J connectivity index is 1.28. The number of nitrogens with zero attached hydrogens (tertiary/aromatic N) is 5. The number of hydrogen-bond donors (Lipinski definition) is 1. The molecule has 0 spiro atoms. The van der Waals surface area contributed by atoms with Gasteiger partial charge in [-0.2, -0.15) is 9.47 Å². The van der Waals surface area contributed by atoms with Gasteiger partial charge in [0.05, 0.1) is 16.9 Å². The second kappa shape index (κ2) is 7.39. The minimum atomic E-state index is 0.295. The normalized spacial score (nSPS) is 22.1. The highest BCUT2D eigenvalue weighted by molar-refractivity contribution is 7.13. The summed E-state index contributed by atoms with van der Waals surface area (Å²) in [6.07, 6.45) is 12.7. The van der Waals surface area contributed by atoms with E-state index < -0.39 is 0 Å². The Hall–Kier alpha value is -3.72. The topological polar surface area (TPSA) is 103 Å². The molecular formula is C25H22N6O2S. The van der Waals surface area contributed by atoms with Crippen molar-refractivity contribution in [3.63, 3.8) is 0 Å². The Labute approximate surface area is 199 Å². The van der Waals surface area contributed by atoms with Crippen LogP contribution in [0.5, 0.6) is 0 Å². The second-order valence-electron chi connectivity index (χ2n) is 9.23. The summed E-state index contributed by atoms with van der Waals surface area (Å²) >= 11 is 1.45. The number of piperidine rings is 1. The highest BCUT2D eigenvalue weighted by Crippen LogP contribution is 2.42. The first-order valence-corrected chi connectivity index (χ1v) is 12.3. The zero-order valence-electron chi connectivity index (χ0n) is 18.3. The Morgan fingerprint density at radius 2 is 1.94 bits per heavy atom. The molecule has 1 amide bonds. The number of amides is 1. The summed E-state index contributed by atoms with van der Waals surface area (Å²) in [5, 5.41) is 6.71. The van der Waals surface area contributed by atoms with Crippen molar-refractivity contribution in [2.75, 3.05) is 5.73 Å². The van der Waals surface area contributed by atoms with Crippen molar-refractivity contribution in [3.05, 3.63) is 49.1 Å². The Bertz CT molecular complexity index is 1540. The maximum absolute atomic E-state index is 11.4. The minimum absolute atomic E-state index is 0.295. The van der Waals surface area contributed by atoms with E-state index in [0.29, 0.717) is 29.5 Å². The van der Waals surface area contributed by atoms with E-state index in [9.17, 15) is 4.79 Å². The second-order valence-corrected chi connectivity index (χ2v) is 10.0. The summed E-state index contributed by atoms with van der Waals surface area (Å²) in [5.74, 6) is 1.11. The average molecular weight is 471 g/mol. The van der Waals surface area contributed by atoms with E-state index in [1.807, 2.05) is 41.6 Å². The predicted octanol–water partition coefficient (Wildman–Crippen LogP) is 4.87. The lowest BCUT2D eigenvalue weighted by molar-refractivity contribution is -0.122. The van der Waals surface area contributed by atoms with Gasteiger partial charge in [0, 0.05) is 58.1 Å². The van der Waals surface area contributed by atoms with E-state index in [0.717, 1.165) is 70.0 Å². The first-order chi connectivity index (χ1) is 16.7. The van der Waals surface area contributed by atoms with Gasteiger partial charge in [-0.3, -0.25) is 9.48 Å². The number of carbonyl (C=O) groups is 1. The van der Waals surface area contributed by atoms with Crippen LogP contribution in [0.4, 0.5) is 5.82 Å². The van der Waals surface area contributed by atoms with Crippen molar-refractivity contribution in [1.29, 1.82) is 0 Å². The van der Waals surface area contributed by atoms with Crippen LogP contribution >= 0.6 is 11.5 Å². The van der Waals surface area contributed by atoms with E-state index in [1.54, 1.807) is 6.20 Å². The van der Waals surface area contributed by atoms with Crippen molar-refractivity contribution in [1.82, 2.24) is 24.0 Å². The van der Waals surface area contributed by atoms with Crippen LogP contribution in [0, 0.1) is 0 Å². The summed E-state index contributed by atoms with van der Waals surface area (Å²) in [6.45, 7) is 0. The molecule has 170 valence electrons. The van der Waals surface area contributed by atoms with E-state index in [1.165, 1.54) is 11.5 Å². The van der Waals surface area contributed by atoms with Gasteiger partial charge in [-0.15, -0.1) is 0 Å². The fraction of sp³-hybridized carbons (Fsp3) is 0.280. The van der Waals surface area contributed by atoms with Crippen molar-refractivity contribution in [2.24, 2.45) is 0 Å². The molecule has 0 saturated carbocycles. The van der Waals surface area contributed by atoms with Crippen molar-refractivity contribution in [2.45, 2.75) is 43.8 Å². The molecule has 6 heterocycles. The number of aromatic nitrogens is 4. The maximum atomic E-state index is 11.4. The van der Waals surface area contributed by atoms with E-state index in [-0.39, 0.29) is 0 Å². The Kier molecular flexibility index (Phi) is 4.29. The number of carbonyl (C=O) groups excluding carboxylic acids is 1. The van der Waals surface area contributed by atoms with Crippen LogP contribution < -0.4 is 5.73 Å². The molecule has 1 aromatic carbocycles. The molecule has 2 bridgehead atoms. The van der Waals surface area contributed by atoms with Crippen LogP contribution in [-0.4, -0.2) is 42.5 Å². The van der Waals surface area contributed by atoms with E-state index in [2.05, 4.69) is 20.2 Å². The van der Waals surface area contributed by atoms with Crippen molar-refractivity contribution in [3.8, 4) is 22.5 Å². The zero-order valence-corrected chi connectivity index (χ0v) is 19.1. The number of nitrogens with two attached hydrogens (primary N) is 1. The lowest BCUT2D eigenvalue weighted by atomic mass is 9.98. The molecule has 2 saturated heterocycles. The molecule has 0 unspecified atom stereocenters. The fourth-order valence-electron chi connectivity index (χ4n) is 5.74. The third kappa shape index (κ3) is 2.89. The van der Waals surface area contributed by atoms with Crippen LogP contribution in [0.15, 0.2) is 53.5 Å². The minimum Gasteiger partial charge on any atom is -0.452 e. The van der Waals surface area contributed by atoms with Crippen LogP contribution in [-0.2, 0) is 4.79 Å². The molecule has 5 aromatic rings. The molecule has 34 heavy (non-hydrogen) atoms. The van der Waals surface area contributed by atoms with Gasteiger partial charge < -0.3 is 15.1 Å². The van der Waals surface area contributed by atoms with Crippen LogP contribution in [0.25, 0.3) is 43.5 Å². The van der Waals surface area contributed by atoms with Gasteiger partial charge in [-0.25, -0.2) is 4.98 Å². The summed E-state index contributed by atoms with van der Waals surface area (Å²) in [5.41, 5.74) is 9.70. The summed E-state index contributed by atoms with van der Waals surface area (Å²) in [7, 11) is 0. The van der Waals surface area contributed by atoms with Gasteiger partial charge in [-0.1, -0.05) is 12.1 Å². The van der Waals surface area contributed by atoms with Gasteiger partial charge in [-0.05, 0) is 49.3 Å². The van der Waals surface area contributed by atoms with E-state index in [4.69, 9.17) is 15.2 Å². The first-order valence-electron chi connectivity index (χ1n) is 11.5. The van der Waals surface area contributed by atoms with Gasteiger partial charge in [0.2, 0.25) is 6.41 Å². The molecule has 0 aliphatic carbocycles. The van der Waals surface area contributed by atoms with Gasteiger partial charge >= 0.3 is 0 Å². The smallest absolute Gasteiger partial charge is 0.210 e. The number of fused-ring (bicyclic) bond motifs is 4. The van der Waals surface area contributed by atoms with Gasteiger partial charge in [0.25, 0.3) is 0 Å². The van der Waals surface area contributed by atoms with Crippen LogP contribution in [0.3, 0.4) is 0 Å². The fourth-order valence-corrected chi connectivity index (χ4v) is 6.51. The number of rotatable bonds is 4. The zero-order chi connectivity index (χ0) is 22.8. The van der Waals surface area contributed by atoms with Gasteiger partial charge in [0.1, 0.15) is 5.76 Å². The Morgan fingerprint density at radius 1 is 1.09 bits per heavy atom. The number of benzene rings is 1. The molecule has 2 N–H and O–H groups in total. The third-order valence-electron chi connectivity index (χ3n) is 7.41. The molecule has 4 aromatic heterocycles. The van der Waals surface area contributed by atoms with Crippen molar-refractivity contribution < 1.29 is 9.21 Å². The molecule has 2 aliphatic heterocycles. The Morgan fingerprint density at radius 3 is 2.76 bits per heavy atom. The van der Waals surface area contributed by atoms with Crippen LogP contribution in [0.2, 0.25) is 0 Å². The highest BCUT2D eigenvalue weighted by atomic mass is 32.1. The average Bonchev–Trinajstić information content (AvgIpc) is 3.64. The molecular weight excluding hydrogens is 448 g/mol. The van der Waals surface area contributed by atoms with Crippen LogP contribution in [0.1, 0.15) is 31.7 Å². The lowest BCUT2D eigenvalue weighted by Gasteiger charge is -2.36. The molecule has 9 heteroatoms. The lowest BCUT2D eigenvalue weighted by Crippen LogP contribution is -2.42. The molecule has 0 radical (unpaired) electrons. The number of pyridine rings is 1. The molecule has 7 rings (SSSR count). The number of hydrogen-bond acceptors (Lipinski definition) is 7. The summed E-state index contributed by atoms with van der Waals surface area (Å²) in [4.78, 5) is 17.9. The number of anilines is 1. The SMILES string of the molecule is Nc1ncc(-c2cnn([C@@H]3C[C@H]4CC[C@@H](C3)N4C=O)c2)c2cc(-c3cccc4cnsc34)oc12. The maximum Gasteiger partial charge on any atom is 0.210 e. The molecule has 2 fully saturated rings. The first kappa shape index (κ1) is 19.7. The summed E-state index contributed by atoms with van der Waals surface area (Å²) in [6, 6.07) is 9.08. The number of furan rings is 1. The van der Waals surface area contributed by atoms with E-state index >= 15 is 0 Å². The molecule has 3 atom stereocenters. The van der Waals surface area contributed by atoms with Gasteiger partial charge in [0.15, 0.2) is 11.4 Å². The standard InChI is InChI=1S/C25H22N6O2S/c26-25-23-20(8-22(33-23)19-3-1-2-14-10-29-34-24(14)19)21(11-27-25)15-9-28-31(12-15)18-6-16-4-5-17(7-18)30(16)13-32/h1-3,8-13,16-18H,4-7H2,(H2,26,27)/t16-,17+,18-. The molecule has 2 aliphatic rings. The predicted molar refractivity (Wildman–Crippen MR) is 131 cm³/mol. The largest absolute Gasteiger partial charge is 0.452 e. The molecule has 8 nitrogen and oxygen atoms in total. The highest BCUT2D eigenvalue weighted by Gasteiger charge is 2.40. The third-order valence-corrected chi connectivity index (χ3v) is 8.26. The quantitative estimate of drug-likeness (QED) is 0.376. The summed E-state index contributed by atoms with van der Waals surface area (Å²) < 4.78 is 13.7. The monoisotopic (exact) mass is 470 g/mol. The number of nitrogen functional groups attached to an aromatic ring is 1.